The molecule has 0 aliphatic carbocycles. The molecule has 3 rings (SSSR count). The number of hydrogen-bond acceptors (Lipinski definition) is 5. The highest BCUT2D eigenvalue weighted by atomic mass is 16.5. The van der Waals surface area contributed by atoms with Gasteiger partial charge < -0.3 is 15.8 Å². The van der Waals surface area contributed by atoms with Crippen molar-refractivity contribution in [3.8, 4) is 11.4 Å². The second kappa shape index (κ2) is 6.47. The summed E-state index contributed by atoms with van der Waals surface area (Å²) in [6.07, 6.45) is 1.07. The summed E-state index contributed by atoms with van der Waals surface area (Å²) in [6.45, 7) is 4.24. The maximum absolute atomic E-state index is 12.4. The molecule has 1 aliphatic heterocycles. The minimum atomic E-state index is -0.433. The van der Waals surface area contributed by atoms with E-state index in [0.717, 1.165) is 29.1 Å². The first-order valence-electron chi connectivity index (χ1n) is 7.73. The van der Waals surface area contributed by atoms with Gasteiger partial charge in [-0.2, -0.15) is 5.10 Å². The fraction of sp³-hybridized carbons (Fsp3) is 0.438. The normalized spacial score (nSPS) is 20.7. The van der Waals surface area contributed by atoms with Gasteiger partial charge in [0.1, 0.15) is 11.9 Å². The van der Waals surface area contributed by atoms with Crippen molar-refractivity contribution in [1.29, 1.82) is 0 Å². The summed E-state index contributed by atoms with van der Waals surface area (Å²) in [5.74, 6) is 1.23. The fourth-order valence-electron chi connectivity index (χ4n) is 2.65. The van der Waals surface area contributed by atoms with Gasteiger partial charge in [-0.05, 0) is 38.3 Å². The predicted octanol–water partition coefficient (Wildman–Crippen LogP) is 1.53. The lowest BCUT2D eigenvalue weighted by atomic mass is 10.1. The van der Waals surface area contributed by atoms with Gasteiger partial charge in [0.2, 0.25) is 0 Å². The Morgan fingerprint density at radius 2 is 2.26 bits per heavy atom. The third-order valence-corrected chi connectivity index (χ3v) is 4.01. The molecule has 2 heterocycles. The van der Waals surface area contributed by atoms with Crippen LogP contribution in [0.15, 0.2) is 18.2 Å². The average Bonchev–Trinajstić information content (AvgIpc) is 3.18. The largest absolute Gasteiger partial charge is 0.364 e. The van der Waals surface area contributed by atoms with Crippen LogP contribution in [0, 0.1) is 13.8 Å². The average molecular weight is 315 g/mol. The van der Waals surface area contributed by atoms with Crippen LogP contribution in [0.25, 0.3) is 11.4 Å². The Balaban J connectivity index is 1.76. The van der Waals surface area contributed by atoms with Crippen LogP contribution in [-0.2, 0) is 9.53 Å². The molecule has 23 heavy (non-hydrogen) atoms. The van der Waals surface area contributed by atoms with Crippen molar-refractivity contribution < 1.29 is 9.53 Å². The van der Waals surface area contributed by atoms with Crippen molar-refractivity contribution in [2.24, 2.45) is 5.73 Å². The molecule has 0 saturated carbocycles. The summed E-state index contributed by atoms with van der Waals surface area (Å²) < 4.78 is 5.64. The number of aromatic nitrogens is 3. The highest BCUT2D eigenvalue weighted by molar-refractivity contribution is 5.95. The minimum Gasteiger partial charge on any atom is -0.364 e. The number of benzene rings is 1. The molecule has 1 aliphatic rings. The number of hydrogen-bond donors (Lipinski definition) is 3. The van der Waals surface area contributed by atoms with Gasteiger partial charge in [0.05, 0.1) is 6.10 Å². The van der Waals surface area contributed by atoms with Gasteiger partial charge in [-0.3, -0.25) is 9.89 Å². The van der Waals surface area contributed by atoms with Crippen molar-refractivity contribution in [2.75, 3.05) is 11.9 Å². The number of nitrogens with zero attached hydrogens (tertiary/aromatic N) is 2. The van der Waals surface area contributed by atoms with E-state index in [4.69, 9.17) is 10.5 Å². The van der Waals surface area contributed by atoms with Crippen LogP contribution in [0.4, 0.5) is 5.69 Å². The van der Waals surface area contributed by atoms with E-state index in [1.807, 2.05) is 32.0 Å². The summed E-state index contributed by atoms with van der Waals surface area (Å²) >= 11 is 0. The zero-order chi connectivity index (χ0) is 16.4. The third kappa shape index (κ3) is 3.40. The van der Waals surface area contributed by atoms with Gasteiger partial charge in [0, 0.05) is 17.8 Å². The van der Waals surface area contributed by atoms with Crippen LogP contribution in [0.5, 0.6) is 0 Å². The summed E-state index contributed by atoms with van der Waals surface area (Å²) in [5.41, 5.74) is 8.15. The zero-order valence-electron chi connectivity index (χ0n) is 13.3. The van der Waals surface area contributed by atoms with Gasteiger partial charge in [-0.15, -0.1) is 0 Å². The lowest BCUT2D eigenvalue weighted by molar-refractivity contribution is -0.126. The van der Waals surface area contributed by atoms with Crippen LogP contribution in [0.1, 0.15) is 24.2 Å². The SMILES string of the molecule is Cc1nc(-c2ccc(C)c(NC(=O)[C@@H]3CC[C@H](CN)O3)c2)n[nH]1. The topological polar surface area (TPSA) is 106 Å². The Morgan fingerprint density at radius 3 is 2.91 bits per heavy atom. The zero-order valence-corrected chi connectivity index (χ0v) is 13.3. The number of aromatic amines is 1. The standard InChI is InChI=1S/C16H21N5O2/c1-9-3-4-11(15-18-10(2)20-21-15)7-13(9)19-16(22)14-6-5-12(8-17)23-14/h3-4,7,12,14H,5-6,8,17H2,1-2H3,(H,19,22)(H,18,20,21)/t12-,14+/m1/s1. The van der Waals surface area contributed by atoms with Crippen LogP contribution >= 0.6 is 0 Å². The van der Waals surface area contributed by atoms with E-state index in [1.165, 1.54) is 0 Å². The molecular weight excluding hydrogens is 294 g/mol. The highest BCUT2D eigenvalue weighted by Crippen LogP contribution is 2.25. The van der Waals surface area contributed by atoms with Crippen molar-refractivity contribution in [3.63, 3.8) is 0 Å². The Bertz CT molecular complexity index is 712. The quantitative estimate of drug-likeness (QED) is 0.793. The molecule has 0 unspecified atom stereocenters. The van der Waals surface area contributed by atoms with E-state index in [2.05, 4.69) is 20.5 Å². The lowest BCUT2D eigenvalue weighted by Crippen LogP contribution is -2.30. The van der Waals surface area contributed by atoms with E-state index >= 15 is 0 Å². The molecule has 1 saturated heterocycles. The molecule has 4 N–H and O–H groups in total. The number of carbonyl (C=O) groups is 1. The van der Waals surface area contributed by atoms with Crippen LogP contribution < -0.4 is 11.1 Å². The Kier molecular flexibility index (Phi) is 4.40. The predicted molar refractivity (Wildman–Crippen MR) is 86.9 cm³/mol. The Hall–Kier alpha value is -2.25. The lowest BCUT2D eigenvalue weighted by Gasteiger charge is -2.14. The number of anilines is 1. The molecule has 2 aromatic rings. The molecule has 7 heteroatoms. The van der Waals surface area contributed by atoms with Gasteiger partial charge in [0.25, 0.3) is 5.91 Å². The Labute approximate surface area is 134 Å². The summed E-state index contributed by atoms with van der Waals surface area (Å²) in [4.78, 5) is 16.7. The second-order valence-corrected chi connectivity index (χ2v) is 5.82. The first kappa shape index (κ1) is 15.6. The maximum Gasteiger partial charge on any atom is 0.253 e. The van der Waals surface area contributed by atoms with E-state index < -0.39 is 6.10 Å². The van der Waals surface area contributed by atoms with Gasteiger partial charge >= 0.3 is 0 Å². The molecule has 0 bridgehead atoms. The van der Waals surface area contributed by atoms with Crippen LogP contribution in [0.3, 0.4) is 0 Å². The highest BCUT2D eigenvalue weighted by Gasteiger charge is 2.30. The Morgan fingerprint density at radius 1 is 1.43 bits per heavy atom. The number of carbonyl (C=O) groups excluding carboxylic acids is 1. The van der Waals surface area contributed by atoms with Crippen LogP contribution in [0.2, 0.25) is 0 Å². The smallest absolute Gasteiger partial charge is 0.253 e. The molecule has 7 nitrogen and oxygen atoms in total. The fourth-order valence-corrected chi connectivity index (χ4v) is 2.65. The second-order valence-electron chi connectivity index (χ2n) is 5.82. The van der Waals surface area contributed by atoms with Gasteiger partial charge in [-0.1, -0.05) is 12.1 Å². The molecule has 1 amide bonds. The molecule has 0 spiro atoms. The van der Waals surface area contributed by atoms with Crippen molar-refractivity contribution in [2.45, 2.75) is 38.9 Å². The number of nitrogens with one attached hydrogen (secondary N) is 2. The van der Waals surface area contributed by atoms with Gasteiger partial charge in [-0.25, -0.2) is 4.98 Å². The summed E-state index contributed by atoms with van der Waals surface area (Å²) in [5, 5.41) is 9.91. The molecular formula is C16H21N5O2. The molecule has 0 radical (unpaired) electrons. The first-order chi connectivity index (χ1) is 11.1. The summed E-state index contributed by atoms with van der Waals surface area (Å²) in [7, 11) is 0. The van der Waals surface area contributed by atoms with Crippen LogP contribution in [-0.4, -0.2) is 39.8 Å². The monoisotopic (exact) mass is 315 g/mol. The maximum atomic E-state index is 12.4. The van der Waals surface area contributed by atoms with Gasteiger partial charge in [0.15, 0.2) is 5.82 Å². The molecule has 1 aromatic carbocycles. The number of ether oxygens (including phenoxy) is 1. The minimum absolute atomic E-state index is 0.0191. The molecule has 2 atom stereocenters. The van der Waals surface area contributed by atoms with Crippen molar-refractivity contribution in [3.05, 3.63) is 29.6 Å². The number of amides is 1. The third-order valence-electron chi connectivity index (χ3n) is 4.01. The first-order valence-corrected chi connectivity index (χ1v) is 7.73. The molecule has 122 valence electrons. The van der Waals surface area contributed by atoms with Crippen molar-refractivity contribution in [1.82, 2.24) is 15.2 Å². The summed E-state index contributed by atoms with van der Waals surface area (Å²) in [6, 6.07) is 5.75. The number of nitrogens with two attached hydrogens (primary N) is 1. The van der Waals surface area contributed by atoms with E-state index in [9.17, 15) is 4.79 Å². The van der Waals surface area contributed by atoms with E-state index in [-0.39, 0.29) is 12.0 Å². The number of rotatable bonds is 4. The van der Waals surface area contributed by atoms with E-state index in [0.29, 0.717) is 18.8 Å². The molecule has 1 aromatic heterocycles. The van der Waals surface area contributed by atoms with Crippen molar-refractivity contribution >= 4 is 11.6 Å². The molecule has 1 fully saturated rings. The number of H-pyrrole nitrogens is 1. The number of aryl methyl sites for hydroxylation is 2. The van der Waals surface area contributed by atoms with E-state index in [1.54, 1.807) is 0 Å².